The minimum Gasteiger partial charge on any atom is -0.336 e. The average molecular weight is 318 g/mol. The maximum atomic E-state index is 4.57. The van der Waals surface area contributed by atoms with Gasteiger partial charge in [0.05, 0.1) is 0 Å². The summed E-state index contributed by atoms with van der Waals surface area (Å²) in [4.78, 5) is 19.7. The second-order valence-electron chi connectivity index (χ2n) is 5.88. The number of anilines is 3. The van der Waals surface area contributed by atoms with E-state index in [-0.39, 0.29) is 0 Å². The molecule has 4 rings (SSSR count). The summed E-state index contributed by atoms with van der Waals surface area (Å²) in [5.74, 6) is 1.25. The lowest BCUT2D eigenvalue weighted by atomic mass is 10.1. The minimum atomic E-state index is 0.558. The lowest BCUT2D eigenvalue weighted by Gasteiger charge is -2.28. The first-order valence-electron chi connectivity index (χ1n) is 7.98. The average Bonchev–Trinajstić information content (AvgIpc) is 2.61. The molecule has 1 N–H and O–H groups in total. The lowest BCUT2D eigenvalue weighted by molar-refractivity contribution is 0.689. The molecule has 120 valence electrons. The van der Waals surface area contributed by atoms with E-state index >= 15 is 0 Å². The highest BCUT2D eigenvalue weighted by atomic mass is 15.3. The molecule has 3 heterocycles. The van der Waals surface area contributed by atoms with Crippen LogP contribution in [0.4, 0.5) is 17.6 Å². The molecule has 0 atom stereocenters. The third-order valence-corrected chi connectivity index (χ3v) is 4.08. The number of rotatable bonds is 3. The van der Waals surface area contributed by atoms with Crippen molar-refractivity contribution in [2.75, 3.05) is 16.8 Å². The molecule has 3 aromatic rings. The van der Waals surface area contributed by atoms with E-state index < -0.39 is 0 Å². The van der Waals surface area contributed by atoms with E-state index in [1.807, 2.05) is 24.4 Å². The van der Waals surface area contributed by atoms with Crippen LogP contribution in [-0.4, -0.2) is 26.5 Å². The Labute approximate surface area is 140 Å². The van der Waals surface area contributed by atoms with Crippen molar-refractivity contribution < 1.29 is 0 Å². The van der Waals surface area contributed by atoms with Gasteiger partial charge in [0.1, 0.15) is 6.33 Å². The first kappa shape index (κ1) is 14.6. The molecule has 1 aromatic carbocycles. The zero-order chi connectivity index (χ0) is 16.4. The largest absolute Gasteiger partial charge is 0.336 e. The number of nitrogens with one attached hydrogen (secondary N) is 1. The van der Waals surface area contributed by atoms with Gasteiger partial charge >= 0.3 is 0 Å². The van der Waals surface area contributed by atoms with E-state index in [9.17, 15) is 0 Å². The molecule has 1 aliphatic rings. The van der Waals surface area contributed by atoms with Crippen LogP contribution in [0.3, 0.4) is 0 Å². The fourth-order valence-corrected chi connectivity index (χ4v) is 2.89. The molecular weight excluding hydrogens is 300 g/mol. The summed E-state index contributed by atoms with van der Waals surface area (Å²) in [7, 11) is 0. The van der Waals surface area contributed by atoms with E-state index in [2.05, 4.69) is 55.3 Å². The van der Waals surface area contributed by atoms with Gasteiger partial charge in [-0.05, 0) is 36.2 Å². The molecule has 0 amide bonds. The molecule has 24 heavy (non-hydrogen) atoms. The Hall–Kier alpha value is -3.02. The third kappa shape index (κ3) is 3.03. The second-order valence-corrected chi connectivity index (χ2v) is 5.88. The van der Waals surface area contributed by atoms with Crippen molar-refractivity contribution in [3.8, 4) is 0 Å². The first-order chi connectivity index (χ1) is 11.8. The summed E-state index contributed by atoms with van der Waals surface area (Å²) in [5, 5.41) is 3.24. The van der Waals surface area contributed by atoms with Gasteiger partial charge in [0.25, 0.3) is 0 Å². The number of nitrogens with zero attached hydrogens (tertiary/aromatic N) is 5. The Kier molecular flexibility index (Phi) is 3.78. The Balaban J connectivity index is 1.55. The summed E-state index contributed by atoms with van der Waals surface area (Å²) < 4.78 is 0. The Morgan fingerprint density at radius 1 is 1.08 bits per heavy atom. The van der Waals surface area contributed by atoms with Gasteiger partial charge in [-0.3, -0.25) is 4.98 Å². The van der Waals surface area contributed by atoms with Crippen LogP contribution in [0.1, 0.15) is 16.8 Å². The first-order valence-corrected chi connectivity index (χ1v) is 7.98. The number of fused-ring (bicyclic) bond motifs is 1. The monoisotopic (exact) mass is 318 g/mol. The molecule has 1 aliphatic heterocycles. The number of pyridine rings is 1. The van der Waals surface area contributed by atoms with Crippen LogP contribution >= 0.6 is 0 Å². The van der Waals surface area contributed by atoms with E-state index in [1.165, 1.54) is 16.8 Å². The number of aromatic nitrogens is 4. The highest BCUT2D eigenvalue weighted by Gasteiger charge is 2.19. The Bertz CT molecular complexity index is 863. The fourth-order valence-electron chi connectivity index (χ4n) is 2.89. The normalized spacial score (nSPS) is 13.5. The maximum Gasteiger partial charge on any atom is 0.231 e. The molecule has 0 saturated heterocycles. The third-order valence-electron chi connectivity index (χ3n) is 4.08. The number of aryl methyl sites for hydroxylation is 1. The van der Waals surface area contributed by atoms with Gasteiger partial charge in [0, 0.05) is 37.1 Å². The van der Waals surface area contributed by atoms with Crippen molar-refractivity contribution in [3.63, 3.8) is 0 Å². The molecule has 0 fully saturated rings. The molecule has 6 heteroatoms. The quantitative estimate of drug-likeness (QED) is 0.801. The predicted octanol–water partition coefficient (Wildman–Crippen LogP) is 2.88. The second kappa shape index (κ2) is 6.23. The topological polar surface area (TPSA) is 66.8 Å². The van der Waals surface area contributed by atoms with E-state index in [0.29, 0.717) is 11.9 Å². The van der Waals surface area contributed by atoms with Crippen LogP contribution in [0.2, 0.25) is 0 Å². The number of hydrogen-bond acceptors (Lipinski definition) is 6. The van der Waals surface area contributed by atoms with Crippen LogP contribution in [0.25, 0.3) is 0 Å². The van der Waals surface area contributed by atoms with Crippen molar-refractivity contribution in [3.05, 3.63) is 65.7 Å². The van der Waals surface area contributed by atoms with Gasteiger partial charge in [-0.25, -0.2) is 9.97 Å². The summed E-state index contributed by atoms with van der Waals surface area (Å²) in [6.45, 7) is 3.69. The highest BCUT2D eigenvalue weighted by molar-refractivity contribution is 5.55. The van der Waals surface area contributed by atoms with Gasteiger partial charge < -0.3 is 10.2 Å². The maximum absolute atomic E-state index is 4.57. The van der Waals surface area contributed by atoms with Crippen LogP contribution in [0.15, 0.2) is 48.9 Å². The Morgan fingerprint density at radius 2 is 2.04 bits per heavy atom. The van der Waals surface area contributed by atoms with Crippen LogP contribution in [-0.2, 0) is 13.0 Å². The van der Waals surface area contributed by atoms with E-state index in [1.54, 1.807) is 6.33 Å². The van der Waals surface area contributed by atoms with Crippen LogP contribution in [0.5, 0.6) is 0 Å². The van der Waals surface area contributed by atoms with Crippen LogP contribution < -0.4 is 10.2 Å². The van der Waals surface area contributed by atoms with Crippen molar-refractivity contribution in [1.29, 1.82) is 0 Å². The molecular formula is C18H18N6. The van der Waals surface area contributed by atoms with E-state index in [4.69, 9.17) is 0 Å². The van der Waals surface area contributed by atoms with Crippen molar-refractivity contribution in [2.24, 2.45) is 0 Å². The molecule has 2 aromatic heterocycles. The molecule has 6 nitrogen and oxygen atoms in total. The predicted molar refractivity (Wildman–Crippen MR) is 93.3 cm³/mol. The van der Waals surface area contributed by atoms with Crippen LogP contribution in [0, 0.1) is 6.92 Å². The van der Waals surface area contributed by atoms with Crippen molar-refractivity contribution in [2.45, 2.75) is 19.9 Å². The van der Waals surface area contributed by atoms with Gasteiger partial charge in [0.15, 0.2) is 0 Å². The Morgan fingerprint density at radius 3 is 2.96 bits per heavy atom. The zero-order valence-electron chi connectivity index (χ0n) is 13.5. The molecule has 0 aliphatic carbocycles. The lowest BCUT2D eigenvalue weighted by Crippen LogP contribution is -2.32. The minimum absolute atomic E-state index is 0.558. The van der Waals surface area contributed by atoms with Gasteiger partial charge in [-0.2, -0.15) is 4.98 Å². The van der Waals surface area contributed by atoms with E-state index in [0.717, 1.165) is 25.2 Å². The molecule has 0 unspecified atom stereocenters. The SMILES string of the molecule is Cc1cccc(Nc2ncnc(N3CCc4ncccc4C3)n2)c1. The standard InChI is InChI=1S/C18H18N6/c1-13-4-2-6-15(10-13)22-17-20-12-21-18(23-17)24-9-7-16-14(11-24)5-3-8-19-16/h2-6,8,10,12H,7,9,11H2,1H3,(H,20,21,22,23). The van der Waals surface area contributed by atoms with Crippen molar-refractivity contribution in [1.82, 2.24) is 19.9 Å². The molecule has 0 spiro atoms. The van der Waals surface area contributed by atoms with Gasteiger partial charge in [-0.15, -0.1) is 0 Å². The zero-order valence-corrected chi connectivity index (χ0v) is 13.5. The number of benzene rings is 1. The smallest absolute Gasteiger partial charge is 0.231 e. The summed E-state index contributed by atoms with van der Waals surface area (Å²) in [6.07, 6.45) is 4.31. The molecule has 0 radical (unpaired) electrons. The highest BCUT2D eigenvalue weighted by Crippen LogP contribution is 2.21. The summed E-state index contributed by atoms with van der Waals surface area (Å²) in [5.41, 5.74) is 4.56. The summed E-state index contributed by atoms with van der Waals surface area (Å²) >= 11 is 0. The number of hydrogen-bond donors (Lipinski definition) is 1. The van der Waals surface area contributed by atoms with Gasteiger partial charge in [-0.1, -0.05) is 18.2 Å². The van der Waals surface area contributed by atoms with Crippen molar-refractivity contribution >= 4 is 17.6 Å². The molecule has 0 saturated carbocycles. The summed E-state index contributed by atoms with van der Waals surface area (Å²) in [6, 6.07) is 12.2. The molecule has 0 bridgehead atoms. The fraction of sp³-hybridized carbons (Fsp3) is 0.222. The van der Waals surface area contributed by atoms with Gasteiger partial charge in [0.2, 0.25) is 11.9 Å².